The largest absolute Gasteiger partial charge is 0.485 e. The van der Waals surface area contributed by atoms with Gasteiger partial charge in [0.2, 0.25) is 11.7 Å². The number of amides is 1. The van der Waals surface area contributed by atoms with E-state index in [-0.39, 0.29) is 12.5 Å². The molecule has 31 heavy (non-hydrogen) atoms. The molecule has 0 bridgehead atoms. The molecule has 158 valence electrons. The van der Waals surface area contributed by atoms with Crippen LogP contribution >= 0.6 is 0 Å². The standard InChI is InChI=1S/C24H24N4O3/c1-16-26-23(27-31-16)15-30-22-9-5-3-7-19(22)24(29)28-12-10-17(11-13-28)20-14-25-21-8-4-2-6-18(20)21/h2-9,14,17,25H,10-13,15H2,1H3. The van der Waals surface area contributed by atoms with Gasteiger partial charge >= 0.3 is 0 Å². The number of carbonyl (C=O) groups is 1. The number of nitrogens with one attached hydrogen (secondary N) is 1. The summed E-state index contributed by atoms with van der Waals surface area (Å²) in [5.41, 5.74) is 3.08. The molecule has 0 radical (unpaired) electrons. The van der Waals surface area contributed by atoms with Crippen molar-refractivity contribution in [2.45, 2.75) is 32.3 Å². The number of H-pyrrole nitrogens is 1. The number of rotatable bonds is 5. The molecule has 7 heteroatoms. The summed E-state index contributed by atoms with van der Waals surface area (Å²) in [7, 11) is 0. The van der Waals surface area contributed by atoms with E-state index < -0.39 is 0 Å². The average Bonchev–Trinajstić information content (AvgIpc) is 3.43. The van der Waals surface area contributed by atoms with Crippen LogP contribution in [0, 0.1) is 6.92 Å². The fourth-order valence-corrected chi connectivity index (χ4v) is 4.31. The van der Waals surface area contributed by atoms with Crippen molar-refractivity contribution in [1.29, 1.82) is 0 Å². The maximum absolute atomic E-state index is 13.2. The molecule has 1 aliphatic heterocycles. The van der Waals surface area contributed by atoms with Crippen LogP contribution in [-0.2, 0) is 6.61 Å². The maximum Gasteiger partial charge on any atom is 0.257 e. The fourth-order valence-electron chi connectivity index (χ4n) is 4.31. The number of benzene rings is 2. The number of hydrogen-bond acceptors (Lipinski definition) is 5. The molecule has 1 aliphatic rings. The topological polar surface area (TPSA) is 84.2 Å². The van der Waals surface area contributed by atoms with Gasteiger partial charge in [0, 0.05) is 37.1 Å². The highest BCUT2D eigenvalue weighted by molar-refractivity contribution is 5.97. The molecule has 0 aliphatic carbocycles. The summed E-state index contributed by atoms with van der Waals surface area (Å²) in [6.45, 7) is 3.33. The van der Waals surface area contributed by atoms with Crippen molar-refractivity contribution in [2.24, 2.45) is 0 Å². The Bertz CT molecular complexity index is 1200. The number of aromatic amines is 1. The molecule has 1 fully saturated rings. The van der Waals surface area contributed by atoms with Crippen LogP contribution in [0.4, 0.5) is 0 Å². The van der Waals surface area contributed by atoms with Crippen molar-refractivity contribution in [2.75, 3.05) is 13.1 Å². The molecular weight excluding hydrogens is 392 g/mol. The third-order valence-electron chi connectivity index (χ3n) is 5.89. The van der Waals surface area contributed by atoms with Gasteiger partial charge in [0.25, 0.3) is 5.91 Å². The van der Waals surface area contributed by atoms with E-state index in [1.54, 1.807) is 13.0 Å². The number of hydrogen-bond donors (Lipinski definition) is 1. The molecule has 3 heterocycles. The quantitative estimate of drug-likeness (QED) is 0.519. The van der Waals surface area contributed by atoms with Gasteiger partial charge in [0.05, 0.1) is 5.56 Å². The Hall–Kier alpha value is -3.61. The van der Waals surface area contributed by atoms with E-state index in [2.05, 4.69) is 39.5 Å². The summed E-state index contributed by atoms with van der Waals surface area (Å²) in [5.74, 6) is 1.93. The van der Waals surface area contributed by atoms with E-state index in [1.165, 1.54) is 16.5 Å². The SMILES string of the molecule is Cc1nc(COc2ccccc2C(=O)N2CCC(c3c[nH]c4ccccc34)CC2)no1. The second kappa shape index (κ2) is 8.26. The van der Waals surface area contributed by atoms with Gasteiger partial charge in [-0.05, 0) is 42.5 Å². The predicted octanol–water partition coefficient (Wildman–Crippen LogP) is 4.46. The van der Waals surface area contributed by atoms with Crippen LogP contribution < -0.4 is 4.74 Å². The fraction of sp³-hybridized carbons (Fsp3) is 0.292. The molecule has 5 rings (SSSR count). The summed E-state index contributed by atoms with van der Waals surface area (Å²) < 4.78 is 10.8. The van der Waals surface area contributed by atoms with Gasteiger partial charge in [0.1, 0.15) is 5.75 Å². The van der Waals surface area contributed by atoms with Gasteiger partial charge in [-0.2, -0.15) is 4.98 Å². The molecule has 1 amide bonds. The Balaban J connectivity index is 1.26. The van der Waals surface area contributed by atoms with E-state index in [0.29, 0.717) is 28.9 Å². The monoisotopic (exact) mass is 416 g/mol. The number of nitrogens with zero attached hydrogens (tertiary/aromatic N) is 3. The normalized spacial score (nSPS) is 14.8. The van der Waals surface area contributed by atoms with Crippen LogP contribution in [0.1, 0.15) is 46.4 Å². The molecular formula is C24H24N4O3. The molecule has 7 nitrogen and oxygen atoms in total. The summed E-state index contributed by atoms with van der Waals surface area (Å²) in [4.78, 5) is 22.7. The van der Waals surface area contributed by atoms with E-state index in [9.17, 15) is 4.79 Å². The van der Waals surface area contributed by atoms with Crippen LogP contribution in [0.5, 0.6) is 5.75 Å². The first-order chi connectivity index (χ1) is 15.2. The Kier molecular flexibility index (Phi) is 5.16. The van der Waals surface area contributed by atoms with Gasteiger partial charge in [-0.25, -0.2) is 0 Å². The molecule has 1 N–H and O–H groups in total. The smallest absolute Gasteiger partial charge is 0.257 e. The number of fused-ring (bicyclic) bond motifs is 1. The third-order valence-corrected chi connectivity index (χ3v) is 5.89. The number of likely N-dealkylation sites (tertiary alicyclic amines) is 1. The lowest BCUT2D eigenvalue weighted by molar-refractivity contribution is 0.0708. The average molecular weight is 416 g/mol. The molecule has 0 spiro atoms. The van der Waals surface area contributed by atoms with Crippen molar-refractivity contribution in [3.05, 3.63) is 77.6 Å². The van der Waals surface area contributed by atoms with Gasteiger partial charge < -0.3 is 19.1 Å². The Morgan fingerprint density at radius 1 is 1.16 bits per heavy atom. The lowest BCUT2D eigenvalue weighted by atomic mass is 9.89. The first-order valence-corrected chi connectivity index (χ1v) is 10.6. The number of ether oxygens (including phenoxy) is 1. The van der Waals surface area contributed by atoms with Crippen molar-refractivity contribution in [3.63, 3.8) is 0 Å². The number of para-hydroxylation sites is 2. The lowest BCUT2D eigenvalue weighted by Gasteiger charge is -2.32. The van der Waals surface area contributed by atoms with Crippen LogP contribution in [0.3, 0.4) is 0 Å². The minimum Gasteiger partial charge on any atom is -0.485 e. The van der Waals surface area contributed by atoms with Crippen molar-refractivity contribution in [1.82, 2.24) is 20.0 Å². The highest BCUT2D eigenvalue weighted by Crippen LogP contribution is 2.34. The van der Waals surface area contributed by atoms with Crippen LogP contribution in [0.15, 0.2) is 59.3 Å². The van der Waals surface area contributed by atoms with Crippen LogP contribution in [-0.4, -0.2) is 39.0 Å². The number of aryl methyl sites for hydroxylation is 1. The number of aromatic nitrogens is 3. The van der Waals surface area contributed by atoms with Crippen molar-refractivity contribution >= 4 is 16.8 Å². The zero-order valence-corrected chi connectivity index (χ0v) is 17.4. The molecule has 0 saturated carbocycles. The zero-order chi connectivity index (χ0) is 21.2. The van der Waals surface area contributed by atoms with Gasteiger partial charge in [-0.1, -0.05) is 35.5 Å². The maximum atomic E-state index is 13.2. The van der Waals surface area contributed by atoms with Crippen molar-refractivity contribution in [3.8, 4) is 5.75 Å². The molecule has 0 atom stereocenters. The van der Waals surface area contributed by atoms with Gasteiger partial charge in [0.15, 0.2) is 6.61 Å². The Morgan fingerprint density at radius 2 is 1.94 bits per heavy atom. The number of carbonyl (C=O) groups excluding carboxylic acids is 1. The summed E-state index contributed by atoms with van der Waals surface area (Å²) in [6.07, 6.45) is 4.01. The Morgan fingerprint density at radius 3 is 2.74 bits per heavy atom. The van der Waals surface area contributed by atoms with E-state index in [4.69, 9.17) is 9.26 Å². The van der Waals surface area contributed by atoms with Crippen LogP contribution in [0.25, 0.3) is 10.9 Å². The first-order valence-electron chi connectivity index (χ1n) is 10.6. The highest BCUT2D eigenvalue weighted by atomic mass is 16.5. The molecule has 0 unspecified atom stereocenters. The lowest BCUT2D eigenvalue weighted by Crippen LogP contribution is -2.38. The minimum atomic E-state index is -0.00253. The third kappa shape index (κ3) is 3.91. The molecule has 2 aromatic heterocycles. The van der Waals surface area contributed by atoms with Gasteiger partial charge in [-0.15, -0.1) is 0 Å². The zero-order valence-electron chi connectivity index (χ0n) is 17.4. The van der Waals surface area contributed by atoms with Crippen LogP contribution in [0.2, 0.25) is 0 Å². The van der Waals surface area contributed by atoms with Gasteiger partial charge in [-0.3, -0.25) is 4.79 Å². The summed E-state index contributed by atoms with van der Waals surface area (Å²) in [6, 6.07) is 15.7. The van der Waals surface area contributed by atoms with Crippen molar-refractivity contribution < 1.29 is 14.1 Å². The molecule has 2 aromatic carbocycles. The summed E-state index contributed by atoms with van der Waals surface area (Å²) >= 11 is 0. The summed E-state index contributed by atoms with van der Waals surface area (Å²) in [5, 5.41) is 5.12. The predicted molar refractivity (Wildman–Crippen MR) is 116 cm³/mol. The van der Waals surface area contributed by atoms with E-state index in [0.717, 1.165) is 25.9 Å². The highest BCUT2D eigenvalue weighted by Gasteiger charge is 2.27. The van der Waals surface area contributed by atoms with E-state index in [1.807, 2.05) is 29.2 Å². The number of piperidine rings is 1. The minimum absolute atomic E-state index is 0.00253. The Labute approximate surface area is 180 Å². The second-order valence-electron chi connectivity index (χ2n) is 7.87. The second-order valence-corrected chi connectivity index (χ2v) is 7.87. The molecule has 1 saturated heterocycles. The first kappa shape index (κ1) is 19.4. The molecule has 4 aromatic rings. The van der Waals surface area contributed by atoms with E-state index >= 15 is 0 Å².